The zero-order valence-corrected chi connectivity index (χ0v) is 16.9. The Morgan fingerprint density at radius 3 is 2.63 bits per heavy atom. The highest BCUT2D eigenvalue weighted by molar-refractivity contribution is 6.44. The van der Waals surface area contributed by atoms with Gasteiger partial charge in [0.05, 0.1) is 15.6 Å². The zero-order chi connectivity index (χ0) is 21.3. The summed E-state index contributed by atoms with van der Waals surface area (Å²) in [5, 5.41) is 10.0. The van der Waals surface area contributed by atoms with Crippen LogP contribution in [0.3, 0.4) is 0 Å². The molecule has 7 heteroatoms. The first-order chi connectivity index (χ1) is 14.5. The first kappa shape index (κ1) is 19.9. The predicted molar refractivity (Wildman–Crippen MR) is 118 cm³/mol. The van der Waals surface area contributed by atoms with E-state index in [0.717, 1.165) is 22.8 Å². The molecule has 0 aliphatic heterocycles. The number of hydrogen-bond donors (Lipinski definition) is 2. The Kier molecular flexibility index (Phi) is 5.40. The van der Waals surface area contributed by atoms with Crippen molar-refractivity contribution in [2.24, 2.45) is 0 Å². The number of rotatable bonds is 5. The Morgan fingerprint density at radius 1 is 1.03 bits per heavy atom. The van der Waals surface area contributed by atoms with E-state index in [4.69, 9.17) is 28.3 Å². The number of pyridine rings is 1. The minimum Gasteiger partial charge on any atom is -0.478 e. The smallest absolute Gasteiger partial charge is 0.328 e. The molecule has 0 spiro atoms. The van der Waals surface area contributed by atoms with Gasteiger partial charge in [0.1, 0.15) is 5.65 Å². The number of H-pyrrole nitrogens is 1. The second kappa shape index (κ2) is 8.14. The highest BCUT2D eigenvalue weighted by atomic mass is 35.5. The SMILES string of the molecule is O=C(O)C=Cc1cccc(-c2ccnc3[nH]cc(C(=O)c4cccc(Cl)c4Cl)c23)c1. The van der Waals surface area contributed by atoms with Crippen LogP contribution in [-0.4, -0.2) is 26.8 Å². The van der Waals surface area contributed by atoms with Crippen molar-refractivity contribution in [3.05, 3.63) is 93.7 Å². The minimum atomic E-state index is -1.02. The number of carboxylic acids is 1. The van der Waals surface area contributed by atoms with Gasteiger partial charge < -0.3 is 10.1 Å². The number of hydrogen-bond acceptors (Lipinski definition) is 3. The number of halogens is 2. The molecule has 2 heterocycles. The molecule has 0 aliphatic carbocycles. The minimum absolute atomic E-state index is 0.199. The van der Waals surface area contributed by atoms with Crippen LogP contribution < -0.4 is 0 Å². The maximum atomic E-state index is 13.3. The third-order valence-corrected chi connectivity index (χ3v) is 5.45. The third kappa shape index (κ3) is 3.73. The number of ketones is 1. The summed E-state index contributed by atoms with van der Waals surface area (Å²) in [5.41, 5.74) is 3.61. The lowest BCUT2D eigenvalue weighted by molar-refractivity contribution is -0.131. The fourth-order valence-electron chi connectivity index (χ4n) is 3.28. The highest BCUT2D eigenvalue weighted by Crippen LogP contribution is 2.34. The number of carboxylic acid groups (broad SMARTS) is 1. The van der Waals surface area contributed by atoms with Crippen LogP contribution >= 0.6 is 23.2 Å². The molecule has 2 aromatic carbocycles. The Bertz CT molecular complexity index is 1330. The molecule has 4 rings (SSSR count). The van der Waals surface area contributed by atoms with Crippen LogP contribution in [0.1, 0.15) is 21.5 Å². The molecule has 0 radical (unpaired) electrons. The molecule has 5 nitrogen and oxygen atoms in total. The number of aromatic amines is 1. The topological polar surface area (TPSA) is 83.0 Å². The molecule has 0 bridgehead atoms. The maximum absolute atomic E-state index is 13.3. The Hall–Kier alpha value is -3.41. The molecule has 0 unspecified atom stereocenters. The quantitative estimate of drug-likeness (QED) is 0.302. The van der Waals surface area contributed by atoms with E-state index in [2.05, 4.69) is 9.97 Å². The van der Waals surface area contributed by atoms with E-state index in [0.29, 0.717) is 27.2 Å². The largest absolute Gasteiger partial charge is 0.478 e. The van der Waals surface area contributed by atoms with Crippen molar-refractivity contribution in [3.63, 3.8) is 0 Å². The van der Waals surface area contributed by atoms with Gasteiger partial charge in [0.15, 0.2) is 5.78 Å². The van der Waals surface area contributed by atoms with Gasteiger partial charge in [-0.25, -0.2) is 9.78 Å². The van der Waals surface area contributed by atoms with Crippen molar-refractivity contribution in [2.45, 2.75) is 0 Å². The van der Waals surface area contributed by atoms with E-state index in [1.807, 2.05) is 24.3 Å². The van der Waals surface area contributed by atoms with Crippen molar-refractivity contribution in [1.82, 2.24) is 9.97 Å². The highest BCUT2D eigenvalue weighted by Gasteiger charge is 2.21. The van der Waals surface area contributed by atoms with E-state index < -0.39 is 5.97 Å². The molecule has 0 saturated heterocycles. The van der Waals surface area contributed by atoms with Crippen LogP contribution in [0.5, 0.6) is 0 Å². The van der Waals surface area contributed by atoms with Gasteiger partial charge in [0, 0.05) is 29.4 Å². The van der Waals surface area contributed by atoms with E-state index in [1.165, 1.54) is 6.08 Å². The Morgan fingerprint density at radius 2 is 1.83 bits per heavy atom. The molecular weight excluding hydrogens is 423 g/mol. The summed E-state index contributed by atoms with van der Waals surface area (Å²) < 4.78 is 0. The van der Waals surface area contributed by atoms with Crippen molar-refractivity contribution >= 4 is 52.1 Å². The van der Waals surface area contributed by atoms with Gasteiger partial charge >= 0.3 is 5.97 Å². The third-order valence-electron chi connectivity index (χ3n) is 4.63. The number of aromatic nitrogens is 2. The number of nitrogens with one attached hydrogen (secondary N) is 1. The molecule has 0 amide bonds. The average molecular weight is 437 g/mol. The molecule has 30 heavy (non-hydrogen) atoms. The van der Waals surface area contributed by atoms with E-state index in [-0.39, 0.29) is 10.8 Å². The Labute approximate surface area is 181 Å². The standard InChI is InChI=1S/C23H14Cl2N2O3/c24-18-6-2-5-16(21(18)25)22(30)17-12-27-23-20(17)15(9-10-26-23)14-4-1-3-13(11-14)7-8-19(28)29/h1-12H,(H,26,27)(H,28,29). The van der Waals surface area contributed by atoms with Crippen LogP contribution in [0.25, 0.3) is 28.2 Å². The molecular formula is C23H14Cl2N2O3. The zero-order valence-electron chi connectivity index (χ0n) is 15.4. The summed E-state index contributed by atoms with van der Waals surface area (Å²) in [6, 6.07) is 14.1. The number of carbonyl (C=O) groups excluding carboxylic acids is 1. The van der Waals surface area contributed by atoms with Crippen LogP contribution in [0.2, 0.25) is 10.0 Å². The number of fused-ring (bicyclic) bond motifs is 1. The van der Waals surface area contributed by atoms with Crippen molar-refractivity contribution in [1.29, 1.82) is 0 Å². The number of benzene rings is 2. The fourth-order valence-corrected chi connectivity index (χ4v) is 3.66. The van der Waals surface area contributed by atoms with Crippen LogP contribution in [-0.2, 0) is 4.79 Å². The summed E-state index contributed by atoms with van der Waals surface area (Å²) in [5.74, 6) is -1.30. The lowest BCUT2D eigenvalue weighted by Crippen LogP contribution is -2.02. The van der Waals surface area contributed by atoms with Gasteiger partial charge in [-0.1, -0.05) is 47.5 Å². The predicted octanol–water partition coefficient (Wildman–Crippen LogP) is 5.87. The average Bonchev–Trinajstić information content (AvgIpc) is 3.18. The fraction of sp³-hybridized carbons (Fsp3) is 0. The molecule has 4 aromatic rings. The van der Waals surface area contributed by atoms with Gasteiger partial charge in [-0.3, -0.25) is 4.79 Å². The van der Waals surface area contributed by atoms with Gasteiger partial charge in [0.25, 0.3) is 0 Å². The van der Waals surface area contributed by atoms with Gasteiger partial charge in [-0.15, -0.1) is 0 Å². The Balaban J connectivity index is 1.87. The first-order valence-electron chi connectivity index (χ1n) is 8.92. The summed E-state index contributed by atoms with van der Waals surface area (Å²) >= 11 is 12.3. The summed E-state index contributed by atoms with van der Waals surface area (Å²) in [6.07, 6.45) is 5.84. The number of carbonyl (C=O) groups is 2. The molecule has 2 N–H and O–H groups in total. The number of aliphatic carboxylic acids is 1. The molecule has 0 atom stereocenters. The molecule has 0 aliphatic rings. The molecule has 0 saturated carbocycles. The van der Waals surface area contributed by atoms with Crippen molar-refractivity contribution < 1.29 is 14.7 Å². The summed E-state index contributed by atoms with van der Waals surface area (Å²) in [4.78, 5) is 31.4. The normalized spacial score (nSPS) is 11.3. The maximum Gasteiger partial charge on any atom is 0.328 e. The summed E-state index contributed by atoms with van der Waals surface area (Å²) in [6.45, 7) is 0. The lowest BCUT2D eigenvalue weighted by Gasteiger charge is -2.08. The molecule has 2 aromatic heterocycles. The molecule has 148 valence electrons. The van der Waals surface area contributed by atoms with Gasteiger partial charge in [-0.2, -0.15) is 0 Å². The van der Waals surface area contributed by atoms with Crippen molar-refractivity contribution in [2.75, 3.05) is 0 Å². The van der Waals surface area contributed by atoms with Gasteiger partial charge in [-0.05, 0) is 47.0 Å². The monoisotopic (exact) mass is 436 g/mol. The second-order valence-electron chi connectivity index (χ2n) is 6.51. The van der Waals surface area contributed by atoms with Crippen LogP contribution in [0, 0.1) is 0 Å². The second-order valence-corrected chi connectivity index (χ2v) is 7.30. The van der Waals surface area contributed by atoms with Gasteiger partial charge in [0.2, 0.25) is 0 Å². The van der Waals surface area contributed by atoms with Crippen LogP contribution in [0.4, 0.5) is 0 Å². The molecule has 0 fully saturated rings. The summed E-state index contributed by atoms with van der Waals surface area (Å²) in [7, 11) is 0. The van der Waals surface area contributed by atoms with E-state index in [1.54, 1.807) is 36.7 Å². The van der Waals surface area contributed by atoms with Crippen LogP contribution in [0.15, 0.2) is 67.0 Å². The lowest BCUT2D eigenvalue weighted by atomic mass is 9.96. The van der Waals surface area contributed by atoms with Crippen molar-refractivity contribution in [3.8, 4) is 11.1 Å². The first-order valence-corrected chi connectivity index (χ1v) is 9.67. The number of nitrogens with zero attached hydrogens (tertiary/aromatic N) is 1. The van der Waals surface area contributed by atoms with E-state index >= 15 is 0 Å². The van der Waals surface area contributed by atoms with E-state index in [9.17, 15) is 9.59 Å².